The van der Waals surface area contributed by atoms with Gasteiger partial charge in [0.05, 0.1) is 11.7 Å². The van der Waals surface area contributed by atoms with E-state index in [9.17, 15) is 4.39 Å². The molecule has 0 saturated carbocycles. The van der Waals surface area contributed by atoms with Gasteiger partial charge in [-0.15, -0.1) is 0 Å². The molecule has 0 aliphatic rings. The third kappa shape index (κ3) is 1.62. The minimum Gasteiger partial charge on any atom is -0.240 e. The first-order chi connectivity index (χ1) is 6.66. The van der Waals surface area contributed by atoms with Crippen molar-refractivity contribution in [2.24, 2.45) is 5.92 Å². The van der Waals surface area contributed by atoms with Gasteiger partial charge in [0.1, 0.15) is 5.82 Å². The van der Waals surface area contributed by atoms with Gasteiger partial charge < -0.3 is 0 Å². The second kappa shape index (κ2) is 3.40. The van der Waals surface area contributed by atoms with E-state index in [0.29, 0.717) is 5.92 Å². The molecule has 2 aromatic heterocycles. The van der Waals surface area contributed by atoms with Gasteiger partial charge in [0.25, 0.3) is 0 Å². The lowest BCUT2D eigenvalue weighted by molar-refractivity contribution is 0.624. The highest BCUT2D eigenvalue weighted by molar-refractivity contribution is 5.53. The van der Waals surface area contributed by atoms with E-state index in [1.165, 1.54) is 12.1 Å². The van der Waals surface area contributed by atoms with Crippen LogP contribution in [0.2, 0.25) is 0 Å². The van der Waals surface area contributed by atoms with E-state index in [-0.39, 0.29) is 5.82 Å². The van der Waals surface area contributed by atoms with Crippen molar-refractivity contribution >= 4 is 5.52 Å². The molecule has 14 heavy (non-hydrogen) atoms. The first-order valence-corrected chi connectivity index (χ1v) is 4.78. The topological polar surface area (TPSA) is 17.3 Å². The second-order valence-electron chi connectivity index (χ2n) is 3.94. The van der Waals surface area contributed by atoms with Crippen molar-refractivity contribution in [3.63, 3.8) is 0 Å². The van der Waals surface area contributed by atoms with Gasteiger partial charge in [0, 0.05) is 6.20 Å². The molecule has 3 heteroatoms. The van der Waals surface area contributed by atoms with Gasteiger partial charge in [-0.1, -0.05) is 13.8 Å². The smallest absolute Gasteiger partial charge is 0.126 e. The summed E-state index contributed by atoms with van der Waals surface area (Å²) in [5.74, 6) is 0.356. The lowest BCUT2D eigenvalue weighted by Gasteiger charge is -2.02. The predicted octanol–water partition coefficient (Wildman–Crippen LogP) is 2.67. The maximum atomic E-state index is 13.0. The van der Waals surface area contributed by atoms with Crippen LogP contribution < -0.4 is 0 Å². The number of aromatic nitrogens is 2. The summed E-state index contributed by atoms with van der Waals surface area (Å²) in [7, 11) is 0. The number of pyridine rings is 1. The molecule has 0 atom stereocenters. The summed E-state index contributed by atoms with van der Waals surface area (Å²) in [6.07, 6.45) is 4.40. The zero-order valence-corrected chi connectivity index (χ0v) is 8.37. The Morgan fingerprint density at radius 1 is 1.50 bits per heavy atom. The van der Waals surface area contributed by atoms with E-state index in [1.54, 1.807) is 10.7 Å². The van der Waals surface area contributed by atoms with Crippen LogP contribution in [-0.4, -0.2) is 9.61 Å². The summed E-state index contributed by atoms with van der Waals surface area (Å²) in [5, 5.41) is 4.16. The Morgan fingerprint density at radius 2 is 2.29 bits per heavy atom. The standard InChI is InChI=1S/C11H13FN2/c1-8(2)5-9-7-13-14-4-3-10(12)6-11(9)14/h3-4,6-8H,5H2,1-2H3. The number of hydrogen-bond acceptors (Lipinski definition) is 1. The Labute approximate surface area is 82.4 Å². The number of halogens is 1. The van der Waals surface area contributed by atoms with Crippen LogP contribution >= 0.6 is 0 Å². The third-order valence-electron chi connectivity index (χ3n) is 2.19. The molecule has 2 heterocycles. The van der Waals surface area contributed by atoms with Crippen molar-refractivity contribution in [1.29, 1.82) is 0 Å². The van der Waals surface area contributed by atoms with Crippen molar-refractivity contribution in [1.82, 2.24) is 9.61 Å². The Morgan fingerprint density at radius 3 is 3.00 bits per heavy atom. The minimum atomic E-state index is -0.206. The van der Waals surface area contributed by atoms with E-state index < -0.39 is 0 Å². The SMILES string of the molecule is CC(C)Cc1cnn2ccc(F)cc12. The monoisotopic (exact) mass is 192 g/mol. The number of hydrogen-bond donors (Lipinski definition) is 0. The summed E-state index contributed by atoms with van der Waals surface area (Å²) in [4.78, 5) is 0. The van der Waals surface area contributed by atoms with Crippen LogP contribution in [0.1, 0.15) is 19.4 Å². The lowest BCUT2D eigenvalue weighted by Crippen LogP contribution is -1.94. The maximum absolute atomic E-state index is 13.0. The van der Waals surface area contributed by atoms with Crippen molar-refractivity contribution in [2.75, 3.05) is 0 Å². The minimum absolute atomic E-state index is 0.206. The average molecular weight is 192 g/mol. The maximum Gasteiger partial charge on any atom is 0.126 e. The van der Waals surface area contributed by atoms with Crippen LogP contribution in [0.5, 0.6) is 0 Å². The number of nitrogens with zero attached hydrogens (tertiary/aromatic N) is 2. The largest absolute Gasteiger partial charge is 0.240 e. The van der Waals surface area contributed by atoms with Crippen LogP contribution in [0.3, 0.4) is 0 Å². The Kier molecular flexibility index (Phi) is 2.23. The van der Waals surface area contributed by atoms with E-state index in [0.717, 1.165) is 17.5 Å². The molecule has 0 amide bonds. The highest BCUT2D eigenvalue weighted by Gasteiger charge is 2.06. The molecule has 2 aromatic rings. The molecule has 0 aromatic carbocycles. The molecule has 0 unspecified atom stereocenters. The summed E-state index contributed by atoms with van der Waals surface area (Å²) >= 11 is 0. The fourth-order valence-electron chi connectivity index (χ4n) is 1.60. The number of rotatable bonds is 2. The molecule has 0 aliphatic heterocycles. The molecule has 0 fully saturated rings. The normalized spacial score (nSPS) is 11.4. The first kappa shape index (κ1) is 9.19. The van der Waals surface area contributed by atoms with Crippen molar-refractivity contribution in [3.8, 4) is 0 Å². The summed E-state index contributed by atoms with van der Waals surface area (Å²) in [6.45, 7) is 4.28. The Hall–Kier alpha value is -1.38. The number of fused-ring (bicyclic) bond motifs is 1. The van der Waals surface area contributed by atoms with Gasteiger partial charge in [-0.3, -0.25) is 0 Å². The molecular formula is C11H13FN2. The zero-order valence-electron chi connectivity index (χ0n) is 8.37. The van der Waals surface area contributed by atoms with Gasteiger partial charge in [-0.05, 0) is 30.0 Å². The Balaban J connectivity index is 2.50. The van der Waals surface area contributed by atoms with Crippen LogP contribution in [0.25, 0.3) is 5.52 Å². The second-order valence-corrected chi connectivity index (χ2v) is 3.94. The summed E-state index contributed by atoms with van der Waals surface area (Å²) in [6, 6.07) is 2.95. The highest BCUT2D eigenvalue weighted by Crippen LogP contribution is 2.15. The fourth-order valence-corrected chi connectivity index (χ4v) is 1.60. The Bertz CT molecular complexity index is 445. The molecule has 0 radical (unpaired) electrons. The molecule has 0 bridgehead atoms. The average Bonchev–Trinajstić information content (AvgIpc) is 2.47. The fraction of sp³-hybridized carbons (Fsp3) is 0.364. The van der Waals surface area contributed by atoms with Crippen molar-refractivity contribution in [3.05, 3.63) is 35.9 Å². The van der Waals surface area contributed by atoms with Crippen LogP contribution in [-0.2, 0) is 6.42 Å². The van der Waals surface area contributed by atoms with Crippen LogP contribution in [0, 0.1) is 11.7 Å². The van der Waals surface area contributed by atoms with E-state index in [4.69, 9.17) is 0 Å². The molecule has 74 valence electrons. The van der Waals surface area contributed by atoms with Crippen molar-refractivity contribution in [2.45, 2.75) is 20.3 Å². The van der Waals surface area contributed by atoms with Crippen LogP contribution in [0.4, 0.5) is 4.39 Å². The predicted molar refractivity (Wildman–Crippen MR) is 53.7 cm³/mol. The first-order valence-electron chi connectivity index (χ1n) is 4.78. The third-order valence-corrected chi connectivity index (χ3v) is 2.19. The van der Waals surface area contributed by atoms with Gasteiger partial charge >= 0.3 is 0 Å². The van der Waals surface area contributed by atoms with E-state index in [1.807, 2.05) is 6.20 Å². The molecule has 0 N–H and O–H groups in total. The molecule has 2 nitrogen and oxygen atoms in total. The molecular weight excluding hydrogens is 179 g/mol. The van der Waals surface area contributed by atoms with Crippen molar-refractivity contribution < 1.29 is 4.39 Å². The van der Waals surface area contributed by atoms with E-state index in [2.05, 4.69) is 18.9 Å². The lowest BCUT2D eigenvalue weighted by atomic mass is 10.0. The van der Waals surface area contributed by atoms with Gasteiger partial charge in [0.15, 0.2) is 0 Å². The molecule has 0 saturated heterocycles. The zero-order chi connectivity index (χ0) is 10.1. The summed E-state index contributed by atoms with van der Waals surface area (Å²) in [5.41, 5.74) is 1.98. The highest BCUT2D eigenvalue weighted by atomic mass is 19.1. The van der Waals surface area contributed by atoms with E-state index >= 15 is 0 Å². The van der Waals surface area contributed by atoms with Gasteiger partial charge in [-0.25, -0.2) is 8.91 Å². The molecule has 2 rings (SSSR count). The van der Waals surface area contributed by atoms with Crippen LogP contribution in [0.15, 0.2) is 24.5 Å². The summed E-state index contributed by atoms with van der Waals surface area (Å²) < 4.78 is 14.7. The quantitative estimate of drug-likeness (QED) is 0.715. The molecule has 0 spiro atoms. The van der Waals surface area contributed by atoms with Gasteiger partial charge in [0.2, 0.25) is 0 Å². The van der Waals surface area contributed by atoms with Gasteiger partial charge in [-0.2, -0.15) is 5.10 Å². The molecule has 0 aliphatic carbocycles.